The summed E-state index contributed by atoms with van der Waals surface area (Å²) in [5.74, 6) is -0.665. The maximum Gasteiger partial charge on any atom is 0.337 e. The quantitative estimate of drug-likeness (QED) is 0.385. The maximum absolute atomic E-state index is 12.3. The lowest BCUT2D eigenvalue weighted by atomic mass is 10.1. The summed E-state index contributed by atoms with van der Waals surface area (Å²) in [7, 11) is 5.02. The van der Waals surface area contributed by atoms with Crippen LogP contribution in [0.2, 0.25) is 0 Å². The van der Waals surface area contributed by atoms with Crippen LogP contribution in [0.25, 0.3) is 0 Å². The molecule has 0 spiro atoms. The topological polar surface area (TPSA) is 88.4 Å². The second-order valence-corrected chi connectivity index (χ2v) is 5.06. The average Bonchev–Trinajstić information content (AvgIpc) is 2.68. The molecule has 6 heteroatoms. The molecular weight excluding hydrogens is 332 g/mol. The van der Waals surface area contributed by atoms with Crippen molar-refractivity contribution < 1.29 is 19.1 Å². The Morgan fingerprint density at radius 1 is 1.08 bits per heavy atom. The van der Waals surface area contributed by atoms with Gasteiger partial charge in [-0.15, -0.1) is 0 Å². The molecule has 0 atom stereocenters. The Morgan fingerprint density at radius 2 is 1.65 bits per heavy atom. The summed E-state index contributed by atoms with van der Waals surface area (Å²) >= 11 is 0. The van der Waals surface area contributed by atoms with Crippen molar-refractivity contribution in [2.75, 3.05) is 21.2 Å². The van der Waals surface area contributed by atoms with Crippen molar-refractivity contribution in [1.82, 2.24) is 5.32 Å². The molecule has 134 valence electrons. The number of carbonyl (C=O) groups is 2. The molecule has 6 nitrogen and oxygen atoms in total. The van der Waals surface area contributed by atoms with Gasteiger partial charge in [0.15, 0.2) is 5.76 Å². The number of benzene rings is 2. The fourth-order valence-electron chi connectivity index (χ4n) is 1.85. The minimum Gasteiger partial charge on any atom is -0.465 e. The zero-order valence-corrected chi connectivity index (χ0v) is 14.9. The zero-order chi connectivity index (χ0) is 19.5. The summed E-state index contributed by atoms with van der Waals surface area (Å²) < 4.78 is 10.0. The van der Waals surface area contributed by atoms with E-state index in [2.05, 4.69) is 16.6 Å². The van der Waals surface area contributed by atoms with E-state index in [4.69, 9.17) is 10.00 Å². The molecule has 0 saturated heterocycles. The van der Waals surface area contributed by atoms with Crippen LogP contribution in [0, 0.1) is 11.3 Å². The number of ether oxygens (including phenoxy) is 2. The van der Waals surface area contributed by atoms with Crippen molar-refractivity contribution in [3.8, 4) is 11.8 Å². The second kappa shape index (κ2) is 10.4. The third-order valence-electron chi connectivity index (χ3n) is 3.02. The van der Waals surface area contributed by atoms with E-state index >= 15 is 0 Å². The first-order valence-electron chi connectivity index (χ1n) is 7.65. The highest BCUT2D eigenvalue weighted by atomic mass is 16.5. The molecule has 0 aromatic heterocycles. The highest BCUT2D eigenvalue weighted by Gasteiger charge is 2.15. The number of nitriles is 1. The summed E-state index contributed by atoms with van der Waals surface area (Å²) in [5, 5.41) is 11.5. The minimum absolute atomic E-state index is 0.0864. The van der Waals surface area contributed by atoms with Crippen LogP contribution in [-0.4, -0.2) is 33.0 Å². The molecule has 26 heavy (non-hydrogen) atoms. The van der Waals surface area contributed by atoms with Gasteiger partial charge in [0.05, 0.1) is 24.3 Å². The molecule has 0 aliphatic carbocycles. The van der Waals surface area contributed by atoms with Crippen LogP contribution in [0.1, 0.15) is 26.3 Å². The smallest absolute Gasteiger partial charge is 0.337 e. The van der Waals surface area contributed by atoms with E-state index < -0.39 is 11.8 Å². The van der Waals surface area contributed by atoms with Crippen LogP contribution in [0.15, 0.2) is 60.9 Å². The third-order valence-corrected chi connectivity index (χ3v) is 3.02. The fraction of sp³-hybridized carbons (Fsp3) is 0.150. The second-order valence-electron chi connectivity index (χ2n) is 5.06. The number of methoxy groups -OCH3 is 1. The van der Waals surface area contributed by atoms with E-state index in [1.807, 2.05) is 20.2 Å². The Balaban J connectivity index is 0.00000105. The molecule has 0 amide bonds. The first-order chi connectivity index (χ1) is 12.5. The minimum atomic E-state index is -0.529. The number of hydrogen-bond acceptors (Lipinski definition) is 6. The first-order valence-corrected chi connectivity index (χ1v) is 7.65. The van der Waals surface area contributed by atoms with Crippen molar-refractivity contribution in [3.05, 3.63) is 77.6 Å². The van der Waals surface area contributed by atoms with Gasteiger partial charge in [-0.05, 0) is 50.5 Å². The molecule has 2 aromatic carbocycles. The van der Waals surface area contributed by atoms with E-state index in [-0.39, 0.29) is 16.9 Å². The molecule has 0 heterocycles. The van der Waals surface area contributed by atoms with Crippen LogP contribution in [-0.2, 0) is 4.74 Å². The Morgan fingerprint density at radius 3 is 2.19 bits per heavy atom. The Hall–Kier alpha value is -3.43. The van der Waals surface area contributed by atoms with Crippen molar-refractivity contribution >= 4 is 11.8 Å². The van der Waals surface area contributed by atoms with Crippen molar-refractivity contribution in [2.45, 2.75) is 0 Å². The highest BCUT2D eigenvalue weighted by Crippen LogP contribution is 2.17. The van der Waals surface area contributed by atoms with E-state index in [0.29, 0.717) is 11.3 Å². The Labute approximate surface area is 152 Å². The number of Topliss-reactive ketones (excluding diaryl/α,β-unsaturated/α-hetero) is 1. The molecule has 0 unspecified atom stereocenters. The summed E-state index contributed by atoms with van der Waals surface area (Å²) in [4.78, 5) is 23.8. The van der Waals surface area contributed by atoms with Gasteiger partial charge in [-0.3, -0.25) is 4.79 Å². The summed E-state index contributed by atoms with van der Waals surface area (Å²) in [6.45, 7) is 3.61. The number of nitrogens with one attached hydrogen (secondary N) is 1. The summed E-state index contributed by atoms with van der Waals surface area (Å²) in [6.07, 6.45) is 0. The molecule has 0 aliphatic rings. The molecule has 2 aromatic rings. The van der Waals surface area contributed by atoms with Gasteiger partial charge in [0.25, 0.3) is 0 Å². The standard InChI is InChI=1S/C18H13NO4.C2H7N/c1-12(23-16-8-6-13(11-19)7-9-16)17(20)14-4-3-5-15(10-14)18(21)22-2;1-3-2/h3-10H,1H2,2H3;3H,1-2H3. The molecule has 0 bridgehead atoms. The van der Waals surface area contributed by atoms with Crippen LogP contribution >= 0.6 is 0 Å². The number of ketones is 1. The van der Waals surface area contributed by atoms with E-state index in [0.717, 1.165) is 0 Å². The van der Waals surface area contributed by atoms with E-state index in [9.17, 15) is 9.59 Å². The van der Waals surface area contributed by atoms with Gasteiger partial charge in [-0.1, -0.05) is 18.7 Å². The van der Waals surface area contributed by atoms with Crippen LogP contribution < -0.4 is 10.1 Å². The van der Waals surface area contributed by atoms with Crippen molar-refractivity contribution in [1.29, 1.82) is 5.26 Å². The zero-order valence-electron chi connectivity index (χ0n) is 14.9. The van der Waals surface area contributed by atoms with Crippen LogP contribution in [0.5, 0.6) is 5.75 Å². The molecular formula is C20H20N2O4. The Bertz CT molecular complexity index is 820. The number of allylic oxidation sites excluding steroid dienone is 1. The predicted octanol–water partition coefficient (Wildman–Crippen LogP) is 2.96. The van der Waals surface area contributed by atoms with Crippen LogP contribution in [0.4, 0.5) is 0 Å². The molecule has 1 N–H and O–H groups in total. The fourth-order valence-corrected chi connectivity index (χ4v) is 1.85. The molecule has 0 radical (unpaired) electrons. The highest BCUT2D eigenvalue weighted by molar-refractivity contribution is 6.08. The van der Waals surface area contributed by atoms with Gasteiger partial charge in [0.2, 0.25) is 5.78 Å². The van der Waals surface area contributed by atoms with Crippen LogP contribution in [0.3, 0.4) is 0 Å². The molecule has 0 saturated carbocycles. The lowest BCUT2D eigenvalue weighted by molar-refractivity contribution is 0.0600. The van der Waals surface area contributed by atoms with Gasteiger partial charge in [-0.25, -0.2) is 4.79 Å². The van der Waals surface area contributed by atoms with E-state index in [1.54, 1.807) is 42.5 Å². The van der Waals surface area contributed by atoms with E-state index in [1.165, 1.54) is 13.2 Å². The lowest BCUT2D eigenvalue weighted by Gasteiger charge is -2.08. The maximum atomic E-state index is 12.3. The molecule has 0 aliphatic heterocycles. The van der Waals surface area contributed by atoms with Gasteiger partial charge in [0.1, 0.15) is 5.75 Å². The number of esters is 1. The third kappa shape index (κ3) is 5.89. The van der Waals surface area contributed by atoms with Gasteiger partial charge < -0.3 is 14.8 Å². The number of nitrogens with zero attached hydrogens (tertiary/aromatic N) is 1. The monoisotopic (exact) mass is 352 g/mol. The number of hydrogen-bond donors (Lipinski definition) is 1. The van der Waals surface area contributed by atoms with Crippen molar-refractivity contribution in [2.24, 2.45) is 0 Å². The summed E-state index contributed by atoms with van der Waals surface area (Å²) in [6, 6.07) is 14.4. The Kier molecular flexibility index (Phi) is 8.28. The van der Waals surface area contributed by atoms with Crippen molar-refractivity contribution in [3.63, 3.8) is 0 Å². The summed E-state index contributed by atoms with van der Waals surface area (Å²) in [5.41, 5.74) is 1.02. The normalized spacial score (nSPS) is 9.15. The average molecular weight is 352 g/mol. The predicted molar refractivity (Wildman–Crippen MR) is 98.0 cm³/mol. The number of carbonyl (C=O) groups excluding carboxylic acids is 2. The molecule has 2 rings (SSSR count). The SMILES string of the molecule is C=C(Oc1ccc(C#N)cc1)C(=O)c1cccc(C(=O)OC)c1.CNC. The number of rotatable bonds is 5. The first kappa shape index (κ1) is 20.6. The van der Waals surface area contributed by atoms with Gasteiger partial charge in [-0.2, -0.15) is 5.26 Å². The lowest BCUT2D eigenvalue weighted by Crippen LogP contribution is -2.10. The largest absolute Gasteiger partial charge is 0.465 e. The van der Waals surface area contributed by atoms with Gasteiger partial charge >= 0.3 is 5.97 Å². The van der Waals surface area contributed by atoms with Gasteiger partial charge in [0, 0.05) is 5.56 Å². The molecule has 0 fully saturated rings.